The summed E-state index contributed by atoms with van der Waals surface area (Å²) < 4.78 is 13.4. The zero-order valence-electron chi connectivity index (χ0n) is 18.0. The number of carbonyl (C=O) groups is 1. The number of rotatable bonds is 6. The van der Waals surface area contributed by atoms with Crippen LogP contribution in [0.2, 0.25) is 0 Å². The molecule has 0 unspecified atom stereocenters. The second-order valence-electron chi connectivity index (χ2n) is 8.27. The van der Waals surface area contributed by atoms with Crippen molar-refractivity contribution in [1.82, 2.24) is 19.9 Å². The molecule has 0 saturated heterocycles. The number of amides is 1. The number of ether oxygens (including phenoxy) is 2. The van der Waals surface area contributed by atoms with E-state index in [0.717, 1.165) is 22.8 Å². The number of carbonyl (C=O) groups excluding carboxylic acids is 1. The van der Waals surface area contributed by atoms with E-state index in [-0.39, 0.29) is 0 Å². The summed E-state index contributed by atoms with van der Waals surface area (Å²) in [6.45, 7) is 6.73. The predicted octanol–water partition coefficient (Wildman–Crippen LogP) is 5.29. The molecule has 0 saturated carbocycles. The first kappa shape index (κ1) is 20.7. The Morgan fingerprint density at radius 1 is 1.06 bits per heavy atom. The Labute approximate surface area is 181 Å². The molecule has 0 bridgehead atoms. The highest BCUT2D eigenvalue weighted by atomic mass is 16.6. The quantitative estimate of drug-likeness (QED) is 0.430. The molecule has 2 heterocycles. The number of hydrogen-bond acceptors (Lipinski definition) is 5. The van der Waals surface area contributed by atoms with Gasteiger partial charge in [-0.05, 0) is 45.4 Å². The van der Waals surface area contributed by atoms with Crippen LogP contribution in [0, 0.1) is 0 Å². The molecular formula is C24H26N4O3. The SMILES string of the molecule is CC(C)(C)OC(=O)NCCCn1cnc2c(Oc3ccccc3)nc3ccccc3c21. The number of nitrogens with one attached hydrogen (secondary N) is 1. The van der Waals surface area contributed by atoms with Crippen molar-refractivity contribution in [3.05, 3.63) is 60.9 Å². The van der Waals surface area contributed by atoms with Crippen LogP contribution < -0.4 is 10.1 Å². The van der Waals surface area contributed by atoms with Crippen molar-refractivity contribution in [2.75, 3.05) is 6.54 Å². The minimum atomic E-state index is -0.508. The molecule has 0 aliphatic heterocycles. The largest absolute Gasteiger partial charge is 0.444 e. The summed E-state index contributed by atoms with van der Waals surface area (Å²) >= 11 is 0. The van der Waals surface area contributed by atoms with Crippen molar-refractivity contribution >= 4 is 28.0 Å². The standard InChI is InChI=1S/C24H26N4O3/c1-24(2,3)31-23(29)25-14-9-15-28-16-26-20-21(28)18-12-7-8-13-19(18)27-22(20)30-17-10-5-4-6-11-17/h4-8,10-13,16H,9,14-15H2,1-3H3,(H,25,29). The Morgan fingerprint density at radius 2 is 1.81 bits per heavy atom. The maximum atomic E-state index is 11.8. The third-order valence-corrected chi connectivity index (χ3v) is 4.62. The van der Waals surface area contributed by atoms with Crippen molar-refractivity contribution in [3.63, 3.8) is 0 Å². The van der Waals surface area contributed by atoms with E-state index in [1.165, 1.54) is 0 Å². The van der Waals surface area contributed by atoms with Crippen LogP contribution in [0.1, 0.15) is 27.2 Å². The lowest BCUT2D eigenvalue weighted by atomic mass is 10.2. The van der Waals surface area contributed by atoms with Crippen LogP contribution >= 0.6 is 0 Å². The van der Waals surface area contributed by atoms with Gasteiger partial charge in [0.05, 0.1) is 17.4 Å². The normalized spacial score (nSPS) is 11.6. The van der Waals surface area contributed by atoms with Crippen molar-refractivity contribution in [2.45, 2.75) is 39.3 Å². The monoisotopic (exact) mass is 418 g/mol. The highest BCUT2D eigenvalue weighted by Crippen LogP contribution is 2.32. The number of nitrogens with zero attached hydrogens (tertiary/aromatic N) is 3. The second-order valence-corrected chi connectivity index (χ2v) is 8.27. The minimum absolute atomic E-state index is 0.406. The van der Waals surface area contributed by atoms with E-state index in [1.807, 2.05) is 75.4 Å². The van der Waals surface area contributed by atoms with Crippen molar-refractivity contribution < 1.29 is 14.3 Å². The number of imidazole rings is 1. The predicted molar refractivity (Wildman–Crippen MR) is 120 cm³/mol. The number of aryl methyl sites for hydroxylation is 1. The van der Waals surface area contributed by atoms with Gasteiger partial charge < -0.3 is 19.4 Å². The van der Waals surface area contributed by atoms with Gasteiger partial charge in [0.15, 0.2) is 5.52 Å². The third-order valence-electron chi connectivity index (χ3n) is 4.62. The molecule has 0 atom stereocenters. The van der Waals surface area contributed by atoms with Gasteiger partial charge in [0.25, 0.3) is 0 Å². The molecule has 1 N–H and O–H groups in total. The molecule has 7 nitrogen and oxygen atoms in total. The van der Waals surface area contributed by atoms with Gasteiger partial charge >= 0.3 is 6.09 Å². The lowest BCUT2D eigenvalue weighted by molar-refractivity contribution is 0.0526. The van der Waals surface area contributed by atoms with Gasteiger partial charge in [0.1, 0.15) is 11.4 Å². The molecule has 0 fully saturated rings. The average molecular weight is 418 g/mol. The first-order chi connectivity index (χ1) is 14.9. The molecule has 7 heteroatoms. The van der Waals surface area contributed by atoms with E-state index in [2.05, 4.69) is 14.9 Å². The number of para-hydroxylation sites is 2. The minimum Gasteiger partial charge on any atom is -0.444 e. The highest BCUT2D eigenvalue weighted by Gasteiger charge is 2.17. The smallest absolute Gasteiger partial charge is 0.407 e. The van der Waals surface area contributed by atoms with Gasteiger partial charge in [-0.3, -0.25) is 0 Å². The van der Waals surface area contributed by atoms with Crippen LogP contribution in [0.15, 0.2) is 60.9 Å². The molecule has 160 valence electrons. The summed E-state index contributed by atoms with van der Waals surface area (Å²) in [7, 11) is 0. The summed E-state index contributed by atoms with van der Waals surface area (Å²) in [5, 5.41) is 3.81. The van der Waals surface area contributed by atoms with Crippen LogP contribution in [0.4, 0.5) is 4.79 Å². The van der Waals surface area contributed by atoms with Crippen LogP contribution in [0.25, 0.3) is 21.9 Å². The highest BCUT2D eigenvalue weighted by molar-refractivity contribution is 6.04. The number of benzene rings is 2. The molecule has 2 aromatic carbocycles. The summed E-state index contributed by atoms with van der Waals surface area (Å²) in [4.78, 5) is 21.1. The van der Waals surface area contributed by atoms with Crippen molar-refractivity contribution in [2.24, 2.45) is 0 Å². The fourth-order valence-corrected chi connectivity index (χ4v) is 3.35. The van der Waals surface area contributed by atoms with E-state index >= 15 is 0 Å². The zero-order chi connectivity index (χ0) is 21.8. The van der Waals surface area contributed by atoms with Crippen LogP contribution in [0.3, 0.4) is 0 Å². The van der Waals surface area contributed by atoms with E-state index in [1.54, 1.807) is 6.33 Å². The first-order valence-electron chi connectivity index (χ1n) is 10.3. The Kier molecular flexibility index (Phi) is 5.75. The molecule has 0 aliphatic rings. The Balaban J connectivity index is 1.57. The number of alkyl carbamates (subject to hydrolysis) is 1. The molecule has 2 aromatic heterocycles. The molecule has 31 heavy (non-hydrogen) atoms. The van der Waals surface area contributed by atoms with Gasteiger partial charge in [0, 0.05) is 18.5 Å². The zero-order valence-corrected chi connectivity index (χ0v) is 18.0. The summed E-state index contributed by atoms with van der Waals surface area (Å²) in [5.74, 6) is 1.19. The van der Waals surface area contributed by atoms with Gasteiger partial charge in [-0.15, -0.1) is 0 Å². The van der Waals surface area contributed by atoms with Gasteiger partial charge in [0.2, 0.25) is 5.88 Å². The number of fused-ring (bicyclic) bond motifs is 3. The molecule has 0 aliphatic carbocycles. The molecular weight excluding hydrogens is 392 g/mol. The van der Waals surface area contributed by atoms with E-state index < -0.39 is 11.7 Å². The second kappa shape index (κ2) is 8.63. The van der Waals surface area contributed by atoms with E-state index in [4.69, 9.17) is 14.5 Å². The topological polar surface area (TPSA) is 78.3 Å². The van der Waals surface area contributed by atoms with Crippen LogP contribution in [0.5, 0.6) is 11.6 Å². The fraction of sp³-hybridized carbons (Fsp3) is 0.292. The number of pyridine rings is 1. The lowest BCUT2D eigenvalue weighted by Gasteiger charge is -2.19. The van der Waals surface area contributed by atoms with E-state index in [0.29, 0.717) is 30.2 Å². The van der Waals surface area contributed by atoms with Crippen molar-refractivity contribution in [1.29, 1.82) is 0 Å². The fourth-order valence-electron chi connectivity index (χ4n) is 3.35. The molecule has 4 rings (SSSR count). The molecule has 4 aromatic rings. The molecule has 0 spiro atoms. The van der Waals surface area contributed by atoms with E-state index in [9.17, 15) is 4.79 Å². The Bertz CT molecular complexity index is 1200. The summed E-state index contributed by atoms with van der Waals surface area (Å²) in [5.41, 5.74) is 2.01. The Morgan fingerprint density at radius 3 is 2.58 bits per heavy atom. The number of aromatic nitrogens is 3. The third kappa shape index (κ3) is 4.94. The first-order valence-corrected chi connectivity index (χ1v) is 10.3. The van der Waals surface area contributed by atoms with Crippen LogP contribution in [-0.4, -0.2) is 32.8 Å². The maximum absolute atomic E-state index is 11.8. The maximum Gasteiger partial charge on any atom is 0.407 e. The van der Waals surface area contributed by atoms with Crippen molar-refractivity contribution in [3.8, 4) is 11.6 Å². The molecule has 0 radical (unpaired) electrons. The van der Waals surface area contributed by atoms with Crippen LogP contribution in [-0.2, 0) is 11.3 Å². The lowest BCUT2D eigenvalue weighted by Crippen LogP contribution is -2.33. The number of hydrogen-bond donors (Lipinski definition) is 1. The average Bonchev–Trinajstić information content (AvgIpc) is 3.15. The Hall–Kier alpha value is -3.61. The van der Waals surface area contributed by atoms with Gasteiger partial charge in [-0.25, -0.2) is 14.8 Å². The van der Waals surface area contributed by atoms with Gasteiger partial charge in [-0.2, -0.15) is 0 Å². The summed E-state index contributed by atoms with van der Waals surface area (Å²) in [6, 6.07) is 17.5. The van der Waals surface area contributed by atoms with Gasteiger partial charge in [-0.1, -0.05) is 36.4 Å². The molecule has 1 amide bonds. The summed E-state index contributed by atoms with van der Waals surface area (Å²) in [6.07, 6.45) is 2.12.